The maximum absolute atomic E-state index is 12.4. The van der Waals surface area contributed by atoms with Crippen LogP contribution < -0.4 is 5.32 Å². The van der Waals surface area contributed by atoms with Gasteiger partial charge in [0.1, 0.15) is 0 Å². The van der Waals surface area contributed by atoms with Gasteiger partial charge in [0, 0.05) is 10.5 Å². The van der Waals surface area contributed by atoms with E-state index in [0.29, 0.717) is 16.7 Å². The van der Waals surface area contributed by atoms with Crippen LogP contribution in [-0.4, -0.2) is 21.9 Å². The molecule has 0 aliphatic rings. The third kappa shape index (κ3) is 4.95. The minimum atomic E-state index is -4.56. The number of nitrogens with zero attached hydrogens (tertiary/aromatic N) is 1. The van der Waals surface area contributed by atoms with Gasteiger partial charge >= 0.3 is 6.18 Å². The van der Waals surface area contributed by atoms with Crippen molar-refractivity contribution in [3.63, 3.8) is 0 Å². The van der Waals surface area contributed by atoms with Crippen LogP contribution in [0, 0.1) is 0 Å². The molecule has 0 radical (unpaired) electrons. The molecule has 2 aromatic rings. The number of amides is 1. The van der Waals surface area contributed by atoms with E-state index in [1.54, 1.807) is 0 Å². The van der Waals surface area contributed by atoms with E-state index in [1.807, 2.05) is 0 Å². The maximum atomic E-state index is 12.4. The van der Waals surface area contributed by atoms with Crippen LogP contribution in [0.1, 0.15) is 21.7 Å². The molecular weight excluding hydrogens is 341 g/mol. The number of nitrogens with one attached hydrogen (secondary N) is 2. The highest BCUT2D eigenvalue weighted by Crippen LogP contribution is 2.27. The lowest BCUT2D eigenvalue weighted by Crippen LogP contribution is -2.22. The predicted molar refractivity (Wildman–Crippen MR) is 73.1 cm³/mol. The van der Waals surface area contributed by atoms with Gasteiger partial charge in [-0.25, -0.2) is 0 Å². The van der Waals surface area contributed by atoms with Gasteiger partial charge in [-0.15, -0.1) is 0 Å². The molecule has 1 heterocycles. The minimum absolute atomic E-state index is 0.0931. The van der Waals surface area contributed by atoms with Crippen molar-refractivity contribution in [2.24, 2.45) is 0 Å². The number of aromatic nitrogens is 2. The SMILES string of the molecule is O=C(NCc1cc(C(F)(F)F)n[nH]1)c1ccc(SC(F)F)cc1. The highest BCUT2D eigenvalue weighted by atomic mass is 32.2. The van der Waals surface area contributed by atoms with Crippen LogP contribution in [0.25, 0.3) is 0 Å². The smallest absolute Gasteiger partial charge is 0.346 e. The summed E-state index contributed by atoms with van der Waals surface area (Å²) < 4.78 is 61.4. The van der Waals surface area contributed by atoms with Gasteiger partial charge in [0.2, 0.25) is 0 Å². The van der Waals surface area contributed by atoms with Crippen LogP contribution in [0.5, 0.6) is 0 Å². The Morgan fingerprint density at radius 2 is 1.91 bits per heavy atom. The van der Waals surface area contributed by atoms with Crippen molar-refractivity contribution >= 4 is 17.7 Å². The fraction of sp³-hybridized carbons (Fsp3) is 0.231. The molecule has 0 saturated carbocycles. The summed E-state index contributed by atoms with van der Waals surface area (Å²) in [5, 5.41) is 7.69. The number of carbonyl (C=O) groups is 1. The Kier molecular flexibility index (Phi) is 5.24. The molecule has 0 saturated heterocycles. The third-order valence-electron chi connectivity index (χ3n) is 2.70. The number of carbonyl (C=O) groups excluding carboxylic acids is 1. The van der Waals surface area contributed by atoms with Crippen molar-refractivity contribution in [1.29, 1.82) is 0 Å². The van der Waals surface area contributed by atoms with Crippen LogP contribution in [0.2, 0.25) is 0 Å². The van der Waals surface area contributed by atoms with Crippen molar-refractivity contribution < 1.29 is 26.7 Å². The monoisotopic (exact) mass is 351 g/mol. The Labute approximate surface area is 131 Å². The number of alkyl halides is 5. The van der Waals surface area contributed by atoms with Crippen molar-refractivity contribution in [3.8, 4) is 0 Å². The Bertz CT molecular complexity index is 669. The molecular formula is C13H10F5N3OS. The van der Waals surface area contributed by atoms with E-state index in [9.17, 15) is 26.7 Å². The van der Waals surface area contributed by atoms with Gasteiger partial charge in [-0.05, 0) is 30.3 Å². The maximum Gasteiger partial charge on any atom is 0.435 e. The number of thioether (sulfide) groups is 1. The largest absolute Gasteiger partial charge is 0.435 e. The first kappa shape index (κ1) is 17.3. The highest BCUT2D eigenvalue weighted by molar-refractivity contribution is 7.99. The topological polar surface area (TPSA) is 57.8 Å². The molecule has 0 fully saturated rings. The summed E-state index contributed by atoms with van der Waals surface area (Å²) >= 11 is 0.349. The van der Waals surface area contributed by atoms with Gasteiger partial charge < -0.3 is 5.32 Å². The molecule has 124 valence electrons. The second-order valence-electron chi connectivity index (χ2n) is 4.36. The lowest BCUT2D eigenvalue weighted by molar-refractivity contribution is -0.141. The van der Waals surface area contributed by atoms with Crippen molar-refractivity contribution in [3.05, 3.63) is 47.3 Å². The number of H-pyrrole nitrogens is 1. The van der Waals surface area contributed by atoms with Crippen LogP contribution >= 0.6 is 11.8 Å². The number of benzene rings is 1. The second-order valence-corrected chi connectivity index (χ2v) is 5.43. The number of rotatable bonds is 5. The minimum Gasteiger partial charge on any atom is -0.346 e. The van der Waals surface area contributed by atoms with Crippen molar-refractivity contribution in [1.82, 2.24) is 15.5 Å². The Morgan fingerprint density at radius 3 is 2.43 bits per heavy atom. The number of hydrogen-bond donors (Lipinski definition) is 2. The van der Waals surface area contributed by atoms with Crippen LogP contribution in [0.3, 0.4) is 0 Å². The first-order chi connectivity index (χ1) is 10.8. The summed E-state index contributed by atoms with van der Waals surface area (Å²) in [6.45, 7) is -0.171. The molecule has 2 N–H and O–H groups in total. The van der Waals surface area contributed by atoms with Crippen molar-refractivity contribution in [2.75, 3.05) is 0 Å². The van der Waals surface area contributed by atoms with Crippen LogP contribution in [0.4, 0.5) is 22.0 Å². The average Bonchev–Trinajstić information content (AvgIpc) is 2.94. The summed E-state index contributed by atoms with van der Waals surface area (Å²) in [5.41, 5.74) is -0.773. The van der Waals surface area contributed by atoms with E-state index in [2.05, 4.69) is 15.5 Å². The molecule has 0 unspecified atom stereocenters. The lowest BCUT2D eigenvalue weighted by atomic mass is 10.2. The van der Waals surface area contributed by atoms with E-state index >= 15 is 0 Å². The van der Waals surface area contributed by atoms with Crippen LogP contribution in [-0.2, 0) is 12.7 Å². The van der Waals surface area contributed by atoms with Gasteiger partial charge in [0.25, 0.3) is 11.7 Å². The number of hydrogen-bond acceptors (Lipinski definition) is 3. The Morgan fingerprint density at radius 1 is 1.26 bits per heavy atom. The summed E-state index contributed by atoms with van der Waals surface area (Å²) in [4.78, 5) is 12.1. The number of aromatic amines is 1. The zero-order valence-electron chi connectivity index (χ0n) is 11.3. The van der Waals surface area contributed by atoms with Gasteiger partial charge in [-0.2, -0.15) is 27.1 Å². The number of halogens is 5. The molecule has 2 rings (SSSR count). The zero-order valence-corrected chi connectivity index (χ0v) is 12.1. The van der Waals surface area contributed by atoms with E-state index < -0.39 is 23.5 Å². The molecule has 10 heteroatoms. The normalized spacial score (nSPS) is 11.7. The molecule has 1 amide bonds. The molecule has 0 aliphatic heterocycles. The van der Waals surface area contributed by atoms with E-state index in [1.165, 1.54) is 24.3 Å². The Balaban J connectivity index is 1.93. The fourth-order valence-corrected chi connectivity index (χ4v) is 2.16. The summed E-state index contributed by atoms with van der Waals surface area (Å²) in [6.07, 6.45) is -4.56. The molecule has 0 atom stereocenters. The molecule has 4 nitrogen and oxygen atoms in total. The standard InChI is InChI=1S/C13H10F5N3OS/c14-12(15)23-9-3-1-7(2-4-9)11(22)19-6-8-5-10(21-20-8)13(16,17)18/h1-5,12H,6H2,(H,19,22)(H,20,21). The molecule has 0 spiro atoms. The van der Waals surface area contributed by atoms with Crippen LogP contribution in [0.15, 0.2) is 35.2 Å². The molecule has 1 aromatic carbocycles. The van der Waals surface area contributed by atoms with Gasteiger partial charge in [0.05, 0.1) is 12.2 Å². The highest BCUT2D eigenvalue weighted by Gasteiger charge is 2.33. The van der Waals surface area contributed by atoms with Gasteiger partial charge in [-0.1, -0.05) is 11.8 Å². The lowest BCUT2D eigenvalue weighted by Gasteiger charge is -2.05. The van der Waals surface area contributed by atoms with Gasteiger partial charge in [0.15, 0.2) is 5.69 Å². The van der Waals surface area contributed by atoms with E-state index in [0.717, 1.165) is 6.07 Å². The van der Waals surface area contributed by atoms with E-state index in [4.69, 9.17) is 0 Å². The third-order valence-corrected chi connectivity index (χ3v) is 3.42. The first-order valence-electron chi connectivity index (χ1n) is 6.20. The molecule has 1 aromatic heterocycles. The first-order valence-corrected chi connectivity index (χ1v) is 7.08. The summed E-state index contributed by atoms with van der Waals surface area (Å²) in [6, 6.07) is 6.23. The zero-order chi connectivity index (χ0) is 17.0. The second kappa shape index (κ2) is 6.99. The molecule has 0 bridgehead atoms. The quantitative estimate of drug-likeness (QED) is 0.638. The molecule has 23 heavy (non-hydrogen) atoms. The fourth-order valence-electron chi connectivity index (χ4n) is 1.66. The van der Waals surface area contributed by atoms with E-state index in [-0.39, 0.29) is 17.8 Å². The van der Waals surface area contributed by atoms with Gasteiger partial charge in [-0.3, -0.25) is 9.89 Å². The Hall–Kier alpha value is -2.10. The summed E-state index contributed by atoms with van der Waals surface area (Å²) in [7, 11) is 0. The summed E-state index contributed by atoms with van der Waals surface area (Å²) in [5.74, 6) is -3.10. The predicted octanol–water partition coefficient (Wildman–Crippen LogP) is 3.67. The molecule has 0 aliphatic carbocycles. The van der Waals surface area contributed by atoms with Crippen molar-refractivity contribution in [2.45, 2.75) is 23.4 Å². The average molecular weight is 351 g/mol.